The number of benzene rings is 1. The average molecular weight is 348 g/mol. The summed E-state index contributed by atoms with van der Waals surface area (Å²) in [5.74, 6) is 2.06. The van der Waals surface area contributed by atoms with E-state index in [0.717, 1.165) is 37.6 Å². The molecule has 0 heterocycles. The Hall–Kier alpha value is -2.24. The van der Waals surface area contributed by atoms with E-state index in [1.807, 2.05) is 6.92 Å². The molecule has 0 saturated heterocycles. The van der Waals surface area contributed by atoms with Crippen LogP contribution in [0.4, 0.5) is 0 Å². The van der Waals surface area contributed by atoms with Gasteiger partial charge in [0.15, 0.2) is 5.96 Å². The fourth-order valence-electron chi connectivity index (χ4n) is 2.31. The van der Waals surface area contributed by atoms with Crippen molar-refractivity contribution in [2.75, 3.05) is 33.3 Å². The summed E-state index contributed by atoms with van der Waals surface area (Å²) < 4.78 is 5.09. The van der Waals surface area contributed by atoms with E-state index in [4.69, 9.17) is 4.74 Å². The Bertz CT molecular complexity index is 525. The molecule has 1 amide bonds. The van der Waals surface area contributed by atoms with Crippen LogP contribution in [0, 0.1) is 5.92 Å². The molecule has 1 aromatic carbocycles. The normalized spacial score (nSPS) is 11.3. The highest BCUT2D eigenvalue weighted by Gasteiger charge is 2.06. The number of rotatable bonds is 10. The lowest BCUT2D eigenvalue weighted by Gasteiger charge is -2.14. The van der Waals surface area contributed by atoms with Crippen molar-refractivity contribution < 1.29 is 9.53 Å². The second-order valence-electron chi connectivity index (χ2n) is 5.81. The molecular formula is C19H32N4O2. The molecule has 0 spiro atoms. The van der Waals surface area contributed by atoms with E-state index in [0.29, 0.717) is 24.6 Å². The van der Waals surface area contributed by atoms with Crippen LogP contribution < -0.4 is 20.7 Å². The molecule has 0 aliphatic rings. The molecule has 0 atom stereocenters. The Morgan fingerprint density at radius 2 is 1.68 bits per heavy atom. The van der Waals surface area contributed by atoms with E-state index in [-0.39, 0.29) is 5.91 Å². The fourth-order valence-corrected chi connectivity index (χ4v) is 2.31. The fraction of sp³-hybridized carbons (Fsp3) is 0.579. The minimum atomic E-state index is -0.0941. The van der Waals surface area contributed by atoms with Gasteiger partial charge in [-0.1, -0.05) is 26.7 Å². The second-order valence-corrected chi connectivity index (χ2v) is 5.81. The van der Waals surface area contributed by atoms with Gasteiger partial charge in [-0.15, -0.1) is 0 Å². The first kappa shape index (κ1) is 20.8. The third-order valence-electron chi connectivity index (χ3n) is 4.06. The van der Waals surface area contributed by atoms with Crippen molar-refractivity contribution in [3.8, 4) is 5.75 Å². The quantitative estimate of drug-likeness (QED) is 0.345. The van der Waals surface area contributed by atoms with Gasteiger partial charge < -0.3 is 20.7 Å². The van der Waals surface area contributed by atoms with E-state index in [2.05, 4.69) is 34.8 Å². The van der Waals surface area contributed by atoms with Gasteiger partial charge in [-0.05, 0) is 37.1 Å². The molecule has 0 aliphatic heterocycles. The highest BCUT2D eigenvalue weighted by atomic mass is 16.5. The molecule has 0 aliphatic carbocycles. The lowest BCUT2D eigenvalue weighted by molar-refractivity contribution is 0.0954. The number of nitrogens with one attached hydrogen (secondary N) is 3. The number of guanidine groups is 1. The highest BCUT2D eigenvalue weighted by molar-refractivity contribution is 5.94. The van der Waals surface area contributed by atoms with Crippen LogP contribution in [0.5, 0.6) is 5.75 Å². The first-order valence-corrected chi connectivity index (χ1v) is 9.08. The van der Waals surface area contributed by atoms with Crippen molar-refractivity contribution in [3.63, 3.8) is 0 Å². The maximum Gasteiger partial charge on any atom is 0.251 e. The molecule has 0 fully saturated rings. The average Bonchev–Trinajstić information content (AvgIpc) is 2.65. The Labute approximate surface area is 151 Å². The Balaban J connectivity index is 2.39. The van der Waals surface area contributed by atoms with Crippen LogP contribution in [-0.2, 0) is 0 Å². The van der Waals surface area contributed by atoms with Crippen molar-refractivity contribution in [3.05, 3.63) is 29.8 Å². The zero-order chi connectivity index (χ0) is 18.5. The van der Waals surface area contributed by atoms with Gasteiger partial charge in [0.25, 0.3) is 5.91 Å². The van der Waals surface area contributed by atoms with Gasteiger partial charge >= 0.3 is 0 Å². The molecule has 140 valence electrons. The highest BCUT2D eigenvalue weighted by Crippen LogP contribution is 2.10. The van der Waals surface area contributed by atoms with Crippen LogP contribution in [-0.4, -0.2) is 45.2 Å². The van der Waals surface area contributed by atoms with Gasteiger partial charge in [-0.25, -0.2) is 0 Å². The minimum Gasteiger partial charge on any atom is -0.497 e. The van der Waals surface area contributed by atoms with Crippen LogP contribution >= 0.6 is 0 Å². The number of amides is 1. The topological polar surface area (TPSA) is 74.8 Å². The Kier molecular flexibility index (Phi) is 10.1. The maximum absolute atomic E-state index is 12.1. The van der Waals surface area contributed by atoms with Gasteiger partial charge in [0.1, 0.15) is 5.75 Å². The zero-order valence-corrected chi connectivity index (χ0v) is 15.9. The summed E-state index contributed by atoms with van der Waals surface area (Å²) in [7, 11) is 1.60. The number of hydrogen-bond donors (Lipinski definition) is 3. The Morgan fingerprint density at radius 1 is 1.04 bits per heavy atom. The van der Waals surface area contributed by atoms with Gasteiger partial charge in [-0.2, -0.15) is 0 Å². The largest absolute Gasteiger partial charge is 0.497 e. The number of carbonyl (C=O) groups excluding carboxylic acids is 1. The molecule has 0 radical (unpaired) electrons. The van der Waals surface area contributed by atoms with E-state index < -0.39 is 0 Å². The maximum atomic E-state index is 12.1. The van der Waals surface area contributed by atoms with E-state index in [1.54, 1.807) is 31.4 Å². The molecule has 1 rings (SSSR count). The summed E-state index contributed by atoms with van der Waals surface area (Å²) >= 11 is 0. The molecule has 6 heteroatoms. The molecule has 0 unspecified atom stereocenters. The molecular weight excluding hydrogens is 316 g/mol. The van der Waals surface area contributed by atoms with Crippen LogP contribution in [0.3, 0.4) is 0 Å². The number of nitrogens with zero attached hydrogens (tertiary/aromatic N) is 1. The zero-order valence-electron chi connectivity index (χ0n) is 15.9. The third-order valence-corrected chi connectivity index (χ3v) is 4.06. The van der Waals surface area contributed by atoms with Crippen molar-refractivity contribution >= 4 is 11.9 Å². The van der Waals surface area contributed by atoms with Crippen LogP contribution in [0.15, 0.2) is 29.3 Å². The van der Waals surface area contributed by atoms with Gasteiger partial charge in [0, 0.05) is 31.7 Å². The third kappa shape index (κ3) is 7.92. The van der Waals surface area contributed by atoms with Crippen LogP contribution in [0.2, 0.25) is 0 Å². The van der Waals surface area contributed by atoms with Crippen molar-refractivity contribution in [1.82, 2.24) is 16.0 Å². The van der Waals surface area contributed by atoms with E-state index in [9.17, 15) is 4.79 Å². The molecule has 1 aromatic rings. The Morgan fingerprint density at radius 3 is 2.24 bits per heavy atom. The predicted octanol–water partition coefficient (Wildman–Crippen LogP) is 2.42. The van der Waals surface area contributed by atoms with E-state index in [1.165, 1.54) is 0 Å². The second kappa shape index (κ2) is 12.2. The van der Waals surface area contributed by atoms with Gasteiger partial charge in [-0.3, -0.25) is 9.79 Å². The summed E-state index contributed by atoms with van der Waals surface area (Å²) in [5, 5.41) is 9.38. The minimum absolute atomic E-state index is 0.0941. The van der Waals surface area contributed by atoms with Gasteiger partial charge in [0.05, 0.1) is 7.11 Å². The number of ether oxygens (including phenoxy) is 1. The molecule has 3 N–H and O–H groups in total. The smallest absolute Gasteiger partial charge is 0.251 e. The predicted molar refractivity (Wildman–Crippen MR) is 103 cm³/mol. The summed E-state index contributed by atoms with van der Waals surface area (Å²) in [6.07, 6.45) is 2.27. The molecule has 0 saturated carbocycles. The number of aliphatic imine (C=N–C) groups is 1. The first-order valence-electron chi connectivity index (χ1n) is 9.08. The standard InChI is InChI=1S/C19H32N4O2/c1-5-15(6-2)14-23-19(20-7-3)22-13-12-21-18(24)16-8-10-17(25-4)11-9-16/h8-11,15H,5-7,12-14H2,1-4H3,(H,21,24)(H2,20,22,23). The van der Waals surface area contributed by atoms with Crippen LogP contribution in [0.25, 0.3) is 0 Å². The molecule has 0 aromatic heterocycles. The van der Waals surface area contributed by atoms with Crippen molar-refractivity contribution in [2.45, 2.75) is 33.6 Å². The van der Waals surface area contributed by atoms with Gasteiger partial charge in [0.2, 0.25) is 0 Å². The number of carbonyl (C=O) groups is 1. The molecule has 25 heavy (non-hydrogen) atoms. The SMILES string of the molecule is CCNC(=NCC(CC)CC)NCCNC(=O)c1ccc(OC)cc1. The number of hydrogen-bond acceptors (Lipinski definition) is 3. The lowest BCUT2D eigenvalue weighted by atomic mass is 10.0. The first-order chi connectivity index (χ1) is 12.1. The van der Waals surface area contributed by atoms with E-state index >= 15 is 0 Å². The monoisotopic (exact) mass is 348 g/mol. The van der Waals surface area contributed by atoms with Crippen LogP contribution in [0.1, 0.15) is 44.0 Å². The summed E-state index contributed by atoms with van der Waals surface area (Å²) in [6.45, 7) is 9.21. The number of methoxy groups -OCH3 is 1. The molecule has 6 nitrogen and oxygen atoms in total. The molecule has 0 bridgehead atoms. The van der Waals surface area contributed by atoms with Crippen molar-refractivity contribution in [1.29, 1.82) is 0 Å². The summed E-state index contributed by atoms with van der Waals surface area (Å²) in [6, 6.07) is 7.06. The lowest BCUT2D eigenvalue weighted by Crippen LogP contribution is -2.41. The summed E-state index contributed by atoms with van der Waals surface area (Å²) in [4.78, 5) is 16.7. The van der Waals surface area contributed by atoms with Crippen molar-refractivity contribution in [2.24, 2.45) is 10.9 Å². The summed E-state index contributed by atoms with van der Waals surface area (Å²) in [5.41, 5.74) is 0.620.